The van der Waals surface area contributed by atoms with Crippen molar-refractivity contribution in [2.75, 3.05) is 4.90 Å². The molecular formula is C13H12F2N2O2. The molecule has 1 aromatic carbocycles. The summed E-state index contributed by atoms with van der Waals surface area (Å²) in [5.74, 6) is -2.00. The van der Waals surface area contributed by atoms with Crippen molar-refractivity contribution in [3.63, 3.8) is 0 Å². The molecule has 6 heteroatoms. The van der Waals surface area contributed by atoms with Crippen LogP contribution in [0.4, 0.5) is 19.3 Å². The first kappa shape index (κ1) is 12.1. The lowest BCUT2D eigenvalue weighted by atomic mass is 9.96. The van der Waals surface area contributed by atoms with Gasteiger partial charge in [0.05, 0.1) is 5.69 Å². The molecule has 1 aromatic rings. The van der Waals surface area contributed by atoms with E-state index in [-0.39, 0.29) is 11.6 Å². The highest BCUT2D eigenvalue weighted by molar-refractivity contribution is 6.23. The molecule has 3 amide bonds. The summed E-state index contributed by atoms with van der Waals surface area (Å²) in [6, 6.07) is 2.00. The number of urea groups is 1. The Bertz CT molecular complexity index is 566. The average Bonchev–Trinajstić information content (AvgIpc) is 3.08. The van der Waals surface area contributed by atoms with Crippen LogP contribution in [0.3, 0.4) is 0 Å². The third-order valence-electron chi connectivity index (χ3n) is 3.72. The molecule has 1 unspecified atom stereocenters. The number of hydrogen-bond donors (Lipinski definition) is 1. The summed E-state index contributed by atoms with van der Waals surface area (Å²) in [6.45, 7) is 1.65. The topological polar surface area (TPSA) is 49.4 Å². The maximum Gasteiger partial charge on any atom is 0.329 e. The van der Waals surface area contributed by atoms with E-state index in [0.717, 1.165) is 29.9 Å². The first-order valence-corrected chi connectivity index (χ1v) is 6.04. The second-order valence-corrected chi connectivity index (χ2v) is 5.17. The van der Waals surface area contributed by atoms with Gasteiger partial charge < -0.3 is 5.32 Å². The van der Waals surface area contributed by atoms with Crippen molar-refractivity contribution in [2.24, 2.45) is 5.92 Å². The minimum absolute atomic E-state index is 0.0793. The van der Waals surface area contributed by atoms with E-state index in [2.05, 4.69) is 5.32 Å². The summed E-state index contributed by atoms with van der Waals surface area (Å²) < 4.78 is 26.4. The van der Waals surface area contributed by atoms with E-state index < -0.39 is 29.1 Å². The molecule has 0 aromatic heterocycles. The van der Waals surface area contributed by atoms with Gasteiger partial charge in [-0.1, -0.05) is 0 Å². The molecule has 1 N–H and O–H groups in total. The third-order valence-corrected chi connectivity index (χ3v) is 3.72. The minimum Gasteiger partial charge on any atom is -0.323 e. The summed E-state index contributed by atoms with van der Waals surface area (Å²) in [7, 11) is 0. The molecule has 0 bridgehead atoms. The molecule has 3 rings (SSSR count). The van der Waals surface area contributed by atoms with Gasteiger partial charge in [0.15, 0.2) is 0 Å². The Labute approximate surface area is 108 Å². The van der Waals surface area contributed by atoms with Gasteiger partial charge in [-0.2, -0.15) is 0 Å². The molecule has 0 radical (unpaired) electrons. The van der Waals surface area contributed by atoms with E-state index in [1.54, 1.807) is 6.92 Å². The number of rotatable bonds is 2. The van der Waals surface area contributed by atoms with Gasteiger partial charge in [0.2, 0.25) is 0 Å². The Hall–Kier alpha value is -1.98. The van der Waals surface area contributed by atoms with Crippen LogP contribution in [0, 0.1) is 17.6 Å². The van der Waals surface area contributed by atoms with Crippen LogP contribution in [0.5, 0.6) is 0 Å². The molecule has 1 saturated heterocycles. The van der Waals surface area contributed by atoms with E-state index >= 15 is 0 Å². The zero-order valence-electron chi connectivity index (χ0n) is 10.2. The molecule has 2 fully saturated rings. The normalized spacial score (nSPS) is 26.8. The second kappa shape index (κ2) is 3.76. The van der Waals surface area contributed by atoms with Crippen LogP contribution in [-0.4, -0.2) is 17.5 Å². The number of benzene rings is 1. The van der Waals surface area contributed by atoms with Crippen LogP contribution in [0.15, 0.2) is 18.2 Å². The fourth-order valence-corrected chi connectivity index (χ4v) is 2.50. The van der Waals surface area contributed by atoms with Crippen LogP contribution in [0.1, 0.15) is 19.8 Å². The Morgan fingerprint density at radius 3 is 2.32 bits per heavy atom. The quantitative estimate of drug-likeness (QED) is 0.834. The number of nitrogens with zero attached hydrogens (tertiary/aromatic N) is 1. The number of nitrogens with one attached hydrogen (secondary N) is 1. The van der Waals surface area contributed by atoms with Crippen LogP contribution >= 0.6 is 0 Å². The van der Waals surface area contributed by atoms with Gasteiger partial charge in [0, 0.05) is 6.07 Å². The van der Waals surface area contributed by atoms with Gasteiger partial charge in [-0.3, -0.25) is 4.79 Å². The molecule has 1 saturated carbocycles. The fourth-order valence-electron chi connectivity index (χ4n) is 2.50. The highest BCUT2D eigenvalue weighted by atomic mass is 19.1. The third kappa shape index (κ3) is 1.78. The van der Waals surface area contributed by atoms with Crippen LogP contribution < -0.4 is 10.2 Å². The van der Waals surface area contributed by atoms with Crippen molar-refractivity contribution in [3.05, 3.63) is 29.8 Å². The average molecular weight is 266 g/mol. The fraction of sp³-hybridized carbons (Fsp3) is 0.385. The summed E-state index contributed by atoms with van der Waals surface area (Å²) >= 11 is 0. The largest absolute Gasteiger partial charge is 0.329 e. The summed E-state index contributed by atoms with van der Waals surface area (Å²) in [5, 5.41) is 2.62. The summed E-state index contributed by atoms with van der Waals surface area (Å²) in [5.41, 5.74) is -1.04. The van der Waals surface area contributed by atoms with Crippen molar-refractivity contribution in [1.29, 1.82) is 0 Å². The SMILES string of the molecule is CC1(C2CC2)NC(=O)N(c2cc(F)cc(F)c2)C1=O. The van der Waals surface area contributed by atoms with Gasteiger partial charge >= 0.3 is 6.03 Å². The van der Waals surface area contributed by atoms with Crippen LogP contribution in [-0.2, 0) is 4.79 Å². The Kier molecular flexibility index (Phi) is 2.39. The monoisotopic (exact) mass is 266 g/mol. The highest BCUT2D eigenvalue weighted by Crippen LogP contribution is 2.43. The molecule has 19 heavy (non-hydrogen) atoms. The van der Waals surface area contributed by atoms with Gasteiger partial charge in [0.1, 0.15) is 17.2 Å². The standard InChI is InChI=1S/C13H12F2N2O2/c1-13(7-2-3-7)11(18)17(12(19)16-13)10-5-8(14)4-9(15)6-10/h4-7H,2-3H2,1H3,(H,16,19). The number of carbonyl (C=O) groups is 2. The smallest absolute Gasteiger partial charge is 0.323 e. The van der Waals surface area contributed by atoms with E-state index in [4.69, 9.17) is 0 Å². The molecule has 1 atom stereocenters. The molecule has 2 aliphatic rings. The zero-order valence-corrected chi connectivity index (χ0v) is 10.2. The molecule has 1 heterocycles. The molecule has 1 aliphatic heterocycles. The number of carbonyl (C=O) groups excluding carboxylic acids is 2. The maximum absolute atomic E-state index is 13.2. The number of imide groups is 1. The molecule has 0 spiro atoms. The lowest BCUT2D eigenvalue weighted by molar-refractivity contribution is -0.122. The number of hydrogen-bond acceptors (Lipinski definition) is 2. The first-order valence-electron chi connectivity index (χ1n) is 6.04. The van der Waals surface area contributed by atoms with Gasteiger partial charge in [-0.25, -0.2) is 18.5 Å². The van der Waals surface area contributed by atoms with E-state index in [1.165, 1.54) is 0 Å². The van der Waals surface area contributed by atoms with Gasteiger partial charge in [0.25, 0.3) is 5.91 Å². The predicted molar refractivity (Wildman–Crippen MR) is 63.5 cm³/mol. The van der Waals surface area contributed by atoms with E-state index in [1.807, 2.05) is 0 Å². The van der Waals surface area contributed by atoms with Gasteiger partial charge in [-0.15, -0.1) is 0 Å². The molecule has 100 valence electrons. The lowest BCUT2D eigenvalue weighted by Gasteiger charge is -2.20. The first-order chi connectivity index (χ1) is 8.91. The second-order valence-electron chi connectivity index (χ2n) is 5.17. The number of amides is 3. The Balaban J connectivity index is 2.00. The number of anilines is 1. The van der Waals surface area contributed by atoms with Crippen molar-refractivity contribution in [1.82, 2.24) is 5.32 Å². The van der Waals surface area contributed by atoms with Crippen molar-refractivity contribution in [2.45, 2.75) is 25.3 Å². The number of halogens is 2. The van der Waals surface area contributed by atoms with E-state index in [9.17, 15) is 18.4 Å². The summed E-state index contributed by atoms with van der Waals surface area (Å²) in [6.07, 6.45) is 1.74. The molecule has 1 aliphatic carbocycles. The van der Waals surface area contributed by atoms with Crippen LogP contribution in [0.25, 0.3) is 0 Å². The molecular weight excluding hydrogens is 254 g/mol. The highest BCUT2D eigenvalue weighted by Gasteiger charge is 2.56. The Morgan fingerprint density at radius 1 is 1.21 bits per heavy atom. The maximum atomic E-state index is 13.2. The van der Waals surface area contributed by atoms with E-state index in [0.29, 0.717) is 6.07 Å². The molecule has 4 nitrogen and oxygen atoms in total. The predicted octanol–water partition coefficient (Wildman–Crippen LogP) is 2.19. The van der Waals surface area contributed by atoms with Crippen molar-refractivity contribution < 1.29 is 18.4 Å². The van der Waals surface area contributed by atoms with Crippen molar-refractivity contribution in [3.8, 4) is 0 Å². The van der Waals surface area contributed by atoms with Crippen LogP contribution in [0.2, 0.25) is 0 Å². The Morgan fingerprint density at radius 2 is 1.79 bits per heavy atom. The minimum atomic E-state index is -0.958. The summed E-state index contributed by atoms with van der Waals surface area (Å²) in [4.78, 5) is 25.1. The van der Waals surface area contributed by atoms with Gasteiger partial charge in [-0.05, 0) is 37.8 Å². The van der Waals surface area contributed by atoms with Crippen molar-refractivity contribution >= 4 is 17.6 Å². The lowest BCUT2D eigenvalue weighted by Crippen LogP contribution is -2.46. The zero-order chi connectivity index (χ0) is 13.8.